The van der Waals surface area contributed by atoms with Gasteiger partial charge in [0.15, 0.2) is 0 Å². The summed E-state index contributed by atoms with van der Waals surface area (Å²) >= 11 is 5.94. The summed E-state index contributed by atoms with van der Waals surface area (Å²) in [6.07, 6.45) is 6.12. The van der Waals surface area contributed by atoms with E-state index in [9.17, 15) is 4.79 Å². The van der Waals surface area contributed by atoms with Crippen LogP contribution in [-0.2, 0) is 4.84 Å². The van der Waals surface area contributed by atoms with E-state index in [1.807, 2.05) is 19.1 Å². The van der Waals surface area contributed by atoms with Crippen LogP contribution < -0.4 is 5.32 Å². The van der Waals surface area contributed by atoms with Crippen LogP contribution in [0.3, 0.4) is 0 Å². The molecule has 1 N–H and O–H groups in total. The van der Waals surface area contributed by atoms with Gasteiger partial charge in [0, 0.05) is 29.6 Å². The molecule has 0 spiro atoms. The molecule has 1 aromatic heterocycles. The van der Waals surface area contributed by atoms with Crippen LogP contribution in [0.15, 0.2) is 42.7 Å². The number of rotatable bonds is 3. The predicted octanol–water partition coefficient (Wildman–Crippen LogP) is 4.73. The predicted molar refractivity (Wildman–Crippen MR) is 93.8 cm³/mol. The average Bonchev–Trinajstić information content (AvgIpc) is 2.59. The molecule has 126 valence electrons. The fraction of sp³-hybridized carbons (Fsp3) is 0.333. The minimum absolute atomic E-state index is 0.0683. The SMILES string of the molecule is Cc1cc(Cl)ccc1NC(=O)ON1CCCCC1c1ccncc1. The summed E-state index contributed by atoms with van der Waals surface area (Å²) < 4.78 is 0. The highest BCUT2D eigenvalue weighted by atomic mass is 35.5. The molecule has 1 saturated heterocycles. The maximum atomic E-state index is 12.3. The first-order valence-corrected chi connectivity index (χ1v) is 8.43. The van der Waals surface area contributed by atoms with E-state index in [0.717, 1.165) is 36.9 Å². The monoisotopic (exact) mass is 345 g/mol. The Bertz CT molecular complexity index is 709. The smallest absolute Gasteiger partial charge is 0.350 e. The molecule has 2 aromatic rings. The number of aryl methyl sites for hydroxylation is 1. The Morgan fingerprint density at radius 2 is 2.08 bits per heavy atom. The number of hydrogen-bond acceptors (Lipinski definition) is 4. The lowest BCUT2D eigenvalue weighted by molar-refractivity contribution is -0.142. The molecule has 2 heterocycles. The van der Waals surface area contributed by atoms with E-state index >= 15 is 0 Å². The van der Waals surface area contributed by atoms with Gasteiger partial charge in [0.25, 0.3) is 0 Å². The van der Waals surface area contributed by atoms with Crippen molar-refractivity contribution in [1.29, 1.82) is 0 Å². The van der Waals surface area contributed by atoms with Crippen LogP contribution in [0.4, 0.5) is 10.5 Å². The molecule has 0 bridgehead atoms. The van der Waals surface area contributed by atoms with Crippen LogP contribution in [0.2, 0.25) is 5.02 Å². The Hall–Kier alpha value is -2.11. The summed E-state index contributed by atoms with van der Waals surface area (Å²) in [6, 6.07) is 9.32. The second kappa shape index (κ2) is 7.64. The number of anilines is 1. The second-order valence-corrected chi connectivity index (χ2v) is 6.33. The Morgan fingerprint density at radius 1 is 1.29 bits per heavy atom. The van der Waals surface area contributed by atoms with E-state index in [1.165, 1.54) is 0 Å². The minimum atomic E-state index is -0.485. The lowest BCUT2D eigenvalue weighted by Crippen LogP contribution is -2.37. The zero-order chi connectivity index (χ0) is 16.9. The first-order chi connectivity index (χ1) is 11.6. The van der Waals surface area contributed by atoms with Gasteiger partial charge in [0.1, 0.15) is 0 Å². The minimum Gasteiger partial charge on any atom is -0.350 e. The van der Waals surface area contributed by atoms with Gasteiger partial charge in [-0.1, -0.05) is 18.0 Å². The van der Waals surface area contributed by atoms with E-state index in [-0.39, 0.29) is 6.04 Å². The van der Waals surface area contributed by atoms with Crippen LogP contribution in [0, 0.1) is 6.92 Å². The molecular formula is C18H20ClN3O2. The number of carbonyl (C=O) groups is 1. The molecule has 1 unspecified atom stereocenters. The zero-order valence-electron chi connectivity index (χ0n) is 13.5. The Labute approximate surface area is 146 Å². The molecule has 0 radical (unpaired) electrons. The third-order valence-electron chi connectivity index (χ3n) is 4.17. The number of amides is 1. The van der Waals surface area contributed by atoms with Crippen LogP contribution in [-0.4, -0.2) is 22.7 Å². The number of hydroxylamine groups is 2. The summed E-state index contributed by atoms with van der Waals surface area (Å²) in [4.78, 5) is 21.9. The van der Waals surface area contributed by atoms with Gasteiger partial charge in [-0.3, -0.25) is 10.3 Å². The highest BCUT2D eigenvalue weighted by Crippen LogP contribution is 2.31. The topological polar surface area (TPSA) is 54.5 Å². The molecule has 1 aliphatic heterocycles. The van der Waals surface area contributed by atoms with Crippen LogP contribution >= 0.6 is 11.6 Å². The number of halogens is 1. The van der Waals surface area contributed by atoms with E-state index in [2.05, 4.69) is 10.3 Å². The number of carbonyl (C=O) groups excluding carboxylic acids is 1. The van der Waals surface area contributed by atoms with E-state index in [4.69, 9.17) is 16.4 Å². The number of piperidine rings is 1. The van der Waals surface area contributed by atoms with Gasteiger partial charge in [0.05, 0.1) is 6.04 Å². The van der Waals surface area contributed by atoms with Gasteiger partial charge in [0.2, 0.25) is 0 Å². The van der Waals surface area contributed by atoms with Crippen LogP contribution in [0.1, 0.15) is 36.4 Å². The number of aromatic nitrogens is 1. The lowest BCUT2D eigenvalue weighted by atomic mass is 9.98. The van der Waals surface area contributed by atoms with Crippen molar-refractivity contribution >= 4 is 23.4 Å². The summed E-state index contributed by atoms with van der Waals surface area (Å²) in [7, 11) is 0. The number of nitrogens with one attached hydrogen (secondary N) is 1. The van der Waals surface area contributed by atoms with Crippen molar-refractivity contribution in [3.63, 3.8) is 0 Å². The fourth-order valence-corrected chi connectivity index (χ4v) is 3.17. The van der Waals surface area contributed by atoms with Gasteiger partial charge in [-0.15, -0.1) is 5.06 Å². The van der Waals surface area contributed by atoms with E-state index in [1.54, 1.807) is 35.7 Å². The van der Waals surface area contributed by atoms with Crippen molar-refractivity contribution in [3.8, 4) is 0 Å². The zero-order valence-corrected chi connectivity index (χ0v) is 14.3. The highest BCUT2D eigenvalue weighted by molar-refractivity contribution is 6.30. The maximum absolute atomic E-state index is 12.3. The molecule has 1 atom stereocenters. The van der Waals surface area contributed by atoms with Crippen molar-refractivity contribution in [3.05, 3.63) is 58.9 Å². The Balaban J connectivity index is 1.67. The van der Waals surface area contributed by atoms with Gasteiger partial charge in [-0.05, 0) is 61.2 Å². The number of pyridine rings is 1. The van der Waals surface area contributed by atoms with Crippen LogP contribution in [0.5, 0.6) is 0 Å². The molecule has 6 heteroatoms. The number of nitrogens with zero attached hydrogens (tertiary/aromatic N) is 2. The standard InChI is InChI=1S/C18H20ClN3O2/c1-13-12-15(19)5-6-16(13)21-18(23)24-22-11-3-2-4-17(22)14-7-9-20-10-8-14/h5-10,12,17H,2-4,11H2,1H3,(H,21,23). The van der Waals surface area contributed by atoms with Crippen molar-refractivity contribution in [2.75, 3.05) is 11.9 Å². The number of benzene rings is 1. The fourth-order valence-electron chi connectivity index (χ4n) is 2.94. The second-order valence-electron chi connectivity index (χ2n) is 5.90. The molecule has 0 saturated carbocycles. The number of hydrogen-bond donors (Lipinski definition) is 1. The first-order valence-electron chi connectivity index (χ1n) is 8.05. The normalized spacial score (nSPS) is 18.2. The van der Waals surface area contributed by atoms with Gasteiger partial charge in [-0.2, -0.15) is 0 Å². The molecule has 1 amide bonds. The summed E-state index contributed by atoms with van der Waals surface area (Å²) in [5, 5.41) is 5.19. The first kappa shape index (κ1) is 16.7. The Morgan fingerprint density at radius 3 is 2.83 bits per heavy atom. The van der Waals surface area contributed by atoms with Crippen molar-refractivity contribution < 1.29 is 9.63 Å². The van der Waals surface area contributed by atoms with Gasteiger partial charge >= 0.3 is 6.09 Å². The molecular weight excluding hydrogens is 326 g/mol. The van der Waals surface area contributed by atoms with Gasteiger partial charge in [-0.25, -0.2) is 4.79 Å². The molecule has 5 nitrogen and oxygen atoms in total. The summed E-state index contributed by atoms with van der Waals surface area (Å²) in [5.41, 5.74) is 2.70. The molecule has 1 aliphatic rings. The molecule has 0 aliphatic carbocycles. The highest BCUT2D eigenvalue weighted by Gasteiger charge is 2.27. The van der Waals surface area contributed by atoms with E-state index < -0.39 is 6.09 Å². The quantitative estimate of drug-likeness (QED) is 0.873. The average molecular weight is 346 g/mol. The Kier molecular flexibility index (Phi) is 5.33. The van der Waals surface area contributed by atoms with Crippen molar-refractivity contribution in [2.45, 2.75) is 32.2 Å². The maximum Gasteiger partial charge on any atom is 0.430 e. The molecule has 3 rings (SSSR count). The van der Waals surface area contributed by atoms with Crippen LogP contribution in [0.25, 0.3) is 0 Å². The van der Waals surface area contributed by atoms with E-state index in [0.29, 0.717) is 10.7 Å². The third-order valence-corrected chi connectivity index (χ3v) is 4.41. The summed E-state index contributed by atoms with van der Waals surface area (Å²) in [6.45, 7) is 2.61. The lowest BCUT2D eigenvalue weighted by Gasteiger charge is -2.33. The van der Waals surface area contributed by atoms with Gasteiger partial charge < -0.3 is 4.84 Å². The molecule has 1 aromatic carbocycles. The van der Waals surface area contributed by atoms with Crippen molar-refractivity contribution in [2.24, 2.45) is 0 Å². The summed E-state index contributed by atoms with van der Waals surface area (Å²) in [5.74, 6) is 0. The molecule has 1 fully saturated rings. The molecule has 24 heavy (non-hydrogen) atoms. The van der Waals surface area contributed by atoms with Crippen molar-refractivity contribution in [1.82, 2.24) is 10.0 Å². The third kappa shape index (κ3) is 4.04. The largest absolute Gasteiger partial charge is 0.430 e.